The molecule has 15 atom stereocenters. The first-order valence-electron chi connectivity index (χ1n) is 47.3. The number of carbonyl (C=O) groups is 16. The molecule has 0 saturated carbocycles. The molecule has 16 amide bonds. The summed E-state index contributed by atoms with van der Waals surface area (Å²) in [7, 11) is 0. The molecule has 1 aromatic carbocycles. The van der Waals surface area contributed by atoms with Gasteiger partial charge in [0.15, 0.2) is 0 Å². The van der Waals surface area contributed by atoms with E-state index in [1.54, 1.807) is 171 Å². The maximum Gasteiger partial charge on any atom is 0.407 e. The number of amides is 16. The van der Waals surface area contributed by atoms with Gasteiger partial charge in [-0.05, 0) is 211 Å². The summed E-state index contributed by atoms with van der Waals surface area (Å²) in [5.74, 6) is -14.9. The minimum Gasteiger partial charge on any atom is -0.508 e. The molecular weight excluding hydrogens is 1720 g/mol. The van der Waals surface area contributed by atoms with E-state index < -0.39 is 220 Å². The van der Waals surface area contributed by atoms with Crippen LogP contribution in [0, 0.1) is 53.3 Å². The molecule has 0 spiro atoms. The number of phenolic OH excluding ortho intramolecular Hbond substituents is 1. The first-order valence-corrected chi connectivity index (χ1v) is 47.3. The summed E-state index contributed by atoms with van der Waals surface area (Å²) in [6, 6.07) is -10.1. The lowest BCUT2D eigenvalue weighted by Crippen LogP contribution is -2.62. The molecule has 0 heterocycles. The van der Waals surface area contributed by atoms with Crippen molar-refractivity contribution >= 4 is 95.1 Å². The Morgan fingerprint density at radius 3 is 1.02 bits per heavy atom. The van der Waals surface area contributed by atoms with E-state index in [2.05, 4.69) is 85.1 Å². The van der Waals surface area contributed by atoms with Crippen molar-refractivity contribution in [1.82, 2.24) is 85.1 Å². The van der Waals surface area contributed by atoms with Crippen LogP contribution in [0.4, 0.5) is 14.4 Å². The van der Waals surface area contributed by atoms with Crippen LogP contribution < -0.4 is 85.1 Å². The van der Waals surface area contributed by atoms with Crippen LogP contribution in [-0.4, -0.2) is 232 Å². The van der Waals surface area contributed by atoms with Crippen LogP contribution in [0.25, 0.3) is 0 Å². The number of aliphatic hydroxyl groups is 2. The van der Waals surface area contributed by atoms with Gasteiger partial charge in [-0.15, -0.1) is 0 Å². The molecule has 133 heavy (non-hydrogen) atoms. The second-order valence-corrected chi connectivity index (χ2v) is 40.2. The summed E-state index contributed by atoms with van der Waals surface area (Å²) in [4.78, 5) is 228. The van der Waals surface area contributed by atoms with Gasteiger partial charge in [0.05, 0.1) is 12.6 Å². The highest BCUT2D eigenvalue weighted by Crippen LogP contribution is 2.21. The van der Waals surface area contributed by atoms with Gasteiger partial charge >= 0.3 is 18.3 Å². The number of rotatable bonds is 57. The Bertz CT molecular complexity index is 3930. The standard InChI is InChI=1S/C95H166N16O22/c1-29-59(18)75(111-80(118)66(39-36-46-98-92(130)133-95(26,27)28)101-81(119)67(47-52(4)5)103-77(115)63(31-3)99-89(127)76(114)60(19)30-2)88(126)110-74(58(16)17)87(125)109-73(57(14)15)85(123)102-65(38-33-35-45-97-91(129)132-94(23,24)25)79(117)108-72(56(12)13)86(124)106-69(49-54(8)9)82(120)100-64(37-32-34-44-96-90(128)131-93(20,21)22)78(116)105-70(50-61-40-42-62(113)43-41-61)84(122)104-68(48-53(6)7)83(121)107-71(51-112)55(10)11/h31,40-43,52-60,64-76,112-114H,29-30,32-39,44-51H2,1-28H3,(H,96,128)(H,97,129)(H,98,130)(H,99,127)(H,100,120)(H,101,119)(H,102,123)(H,103,115)(H,104,122)(H,105,116)(H,106,124)(H,107,121)(H,108,117)(H,109,125)(H,110,126)(H,111,118)/b63-31+/t59-,60-,64-,65+,66+,67-,68-,69+,70+,71+,72-,73-,74-,75-,76-/m0/s1. The largest absolute Gasteiger partial charge is 0.508 e. The fourth-order valence-electron chi connectivity index (χ4n) is 13.6. The molecule has 0 aromatic heterocycles. The molecule has 0 radical (unpaired) electrons. The van der Waals surface area contributed by atoms with Crippen LogP contribution >= 0.6 is 0 Å². The van der Waals surface area contributed by atoms with E-state index in [0.717, 1.165) is 0 Å². The van der Waals surface area contributed by atoms with Gasteiger partial charge in [0, 0.05) is 26.1 Å². The van der Waals surface area contributed by atoms with Crippen molar-refractivity contribution in [2.75, 3.05) is 26.2 Å². The average Bonchev–Trinajstić information content (AvgIpc) is 0.837. The number of unbranched alkanes of at least 4 members (excludes halogenated alkanes) is 2. The number of benzene rings is 1. The summed E-state index contributed by atoms with van der Waals surface area (Å²) in [6.45, 7) is 47.5. The number of hydrogen-bond donors (Lipinski definition) is 19. The lowest BCUT2D eigenvalue weighted by Gasteiger charge is -2.31. The molecule has 0 aliphatic heterocycles. The predicted octanol–water partition coefficient (Wildman–Crippen LogP) is 6.67. The number of allylic oxidation sites excluding steroid dienone is 1. The van der Waals surface area contributed by atoms with E-state index in [0.29, 0.717) is 12.0 Å². The molecule has 38 nitrogen and oxygen atoms in total. The molecule has 1 rings (SSSR count). The molecule has 0 saturated heterocycles. The first kappa shape index (κ1) is 121. The zero-order valence-corrected chi connectivity index (χ0v) is 84.4. The van der Waals surface area contributed by atoms with Crippen LogP contribution in [0.3, 0.4) is 0 Å². The van der Waals surface area contributed by atoms with Crippen molar-refractivity contribution in [3.05, 3.63) is 41.6 Å². The maximum absolute atomic E-state index is 15.1. The Morgan fingerprint density at radius 1 is 0.353 bits per heavy atom. The third-order valence-corrected chi connectivity index (χ3v) is 21.5. The van der Waals surface area contributed by atoms with E-state index in [-0.39, 0.29) is 145 Å². The van der Waals surface area contributed by atoms with Crippen molar-refractivity contribution in [3.63, 3.8) is 0 Å². The van der Waals surface area contributed by atoms with Gasteiger partial charge in [0.2, 0.25) is 65.0 Å². The van der Waals surface area contributed by atoms with E-state index >= 15 is 24.0 Å². The Labute approximate surface area is 788 Å². The van der Waals surface area contributed by atoms with Crippen molar-refractivity contribution in [2.45, 2.75) is 379 Å². The van der Waals surface area contributed by atoms with Crippen LogP contribution in [0.15, 0.2) is 36.0 Å². The third kappa shape index (κ3) is 48.4. The van der Waals surface area contributed by atoms with Gasteiger partial charge < -0.3 is 115 Å². The molecule has 758 valence electrons. The SMILES string of the molecule is C/C=C(/NC(=O)[C@@H](O)[C@@H](C)CC)C(=O)N[C@@H](CC(C)C)C(=O)N[C@H](CCCNC(=O)OC(C)(C)C)C(=O)N[C@H](C(=O)N[C@H](C(=O)N[C@H](C(=O)N[C@H](CCCCNC(=O)OC(C)(C)C)C(=O)N[C@H](C(=O)N[C@H](CC(C)C)C(=O)N[C@@H](CCCCNC(=O)OC(C)(C)C)C(=O)N[C@H](Cc1ccc(O)cc1)C(=O)N[C@@H](CC(C)C)C(=O)N[C@H](CO)C(C)C)C(C)C)C(C)C)C(C)C)[C@@H](C)CC. The Kier molecular flexibility index (Phi) is 53.8. The summed E-state index contributed by atoms with van der Waals surface area (Å²) >= 11 is 0. The Balaban J connectivity index is 4.02. The van der Waals surface area contributed by atoms with Gasteiger partial charge in [-0.2, -0.15) is 0 Å². The number of carbonyl (C=O) groups excluding carboxylic acids is 16. The molecule has 1 aromatic rings. The number of ether oxygens (including phenoxy) is 3. The van der Waals surface area contributed by atoms with Gasteiger partial charge in [-0.25, -0.2) is 14.4 Å². The number of hydrogen-bond acceptors (Lipinski definition) is 22. The number of phenols is 1. The van der Waals surface area contributed by atoms with Gasteiger partial charge in [0.25, 0.3) is 11.8 Å². The molecule has 0 aliphatic carbocycles. The molecular formula is C95H166N16O22. The monoisotopic (exact) mass is 1880 g/mol. The number of nitrogens with one attached hydrogen (secondary N) is 16. The van der Waals surface area contributed by atoms with Crippen molar-refractivity contribution in [1.29, 1.82) is 0 Å². The second kappa shape index (κ2) is 59.4. The highest BCUT2D eigenvalue weighted by atomic mass is 16.6. The highest BCUT2D eigenvalue weighted by Gasteiger charge is 2.41. The number of aliphatic hydroxyl groups excluding tert-OH is 2. The molecule has 0 fully saturated rings. The van der Waals surface area contributed by atoms with E-state index in [9.17, 15) is 68.1 Å². The van der Waals surface area contributed by atoms with E-state index in [1.807, 2.05) is 27.7 Å². The zero-order valence-electron chi connectivity index (χ0n) is 84.4. The lowest BCUT2D eigenvalue weighted by atomic mass is 9.95. The van der Waals surface area contributed by atoms with Crippen molar-refractivity contribution < 1.29 is 106 Å². The van der Waals surface area contributed by atoms with Gasteiger partial charge in [-0.3, -0.25) is 62.3 Å². The van der Waals surface area contributed by atoms with Crippen molar-refractivity contribution in [2.24, 2.45) is 53.3 Å². The normalized spacial score (nSPS) is 15.4. The van der Waals surface area contributed by atoms with Crippen LogP contribution in [-0.2, 0) is 83.0 Å². The highest BCUT2D eigenvalue weighted by molar-refractivity contribution is 6.02. The summed E-state index contributed by atoms with van der Waals surface area (Å²) in [6.07, 6.45) is -0.996. The molecule has 0 aliphatic rings. The number of aromatic hydroxyl groups is 1. The quantitative estimate of drug-likeness (QED) is 0.0184. The Hall–Kier alpha value is -10.4. The van der Waals surface area contributed by atoms with Gasteiger partial charge in [0.1, 0.15) is 101 Å². The minimum atomic E-state index is -1.47. The first-order chi connectivity index (χ1) is 61.7. The lowest BCUT2D eigenvalue weighted by molar-refractivity contribution is -0.137. The third-order valence-electron chi connectivity index (χ3n) is 21.5. The predicted molar refractivity (Wildman–Crippen MR) is 506 cm³/mol. The fraction of sp³-hybridized carbons (Fsp3) is 0.747. The van der Waals surface area contributed by atoms with Crippen LogP contribution in [0.5, 0.6) is 5.75 Å². The topological polar surface area (TPSA) is 554 Å². The molecule has 19 N–H and O–H groups in total. The summed E-state index contributed by atoms with van der Waals surface area (Å²) in [5, 5.41) is 74.7. The number of alkyl carbamates (subject to hydrolysis) is 3. The van der Waals surface area contributed by atoms with E-state index in [4.69, 9.17) is 14.2 Å². The van der Waals surface area contributed by atoms with Crippen LogP contribution in [0.2, 0.25) is 0 Å². The summed E-state index contributed by atoms with van der Waals surface area (Å²) < 4.78 is 16.2. The second-order valence-electron chi connectivity index (χ2n) is 40.2. The molecule has 0 bridgehead atoms. The zero-order chi connectivity index (χ0) is 102. The van der Waals surface area contributed by atoms with E-state index in [1.165, 1.54) is 25.1 Å². The van der Waals surface area contributed by atoms with Crippen LogP contribution in [0.1, 0.15) is 283 Å². The minimum absolute atomic E-state index is 0.0275. The molecule has 0 unspecified atom stereocenters. The fourth-order valence-corrected chi connectivity index (χ4v) is 13.6. The summed E-state index contributed by atoms with van der Waals surface area (Å²) in [5.41, 5.74) is -2.26. The molecule has 38 heteroatoms. The van der Waals surface area contributed by atoms with Crippen molar-refractivity contribution in [3.8, 4) is 5.75 Å². The smallest absolute Gasteiger partial charge is 0.407 e. The van der Waals surface area contributed by atoms with Gasteiger partial charge in [-0.1, -0.05) is 156 Å². The maximum atomic E-state index is 15.1. The average molecular weight is 1880 g/mol. The Morgan fingerprint density at radius 2 is 0.654 bits per heavy atom.